The standard InChI is InChI=1S/C14H8Cl4O2/c15-10-1-8(2-11(16)5-10)14(20-7-19)9-3-12(17)6-13(18)4-9/h1-7,14H. The lowest BCUT2D eigenvalue weighted by atomic mass is 10.0. The van der Waals surface area contributed by atoms with Crippen LogP contribution in [0.1, 0.15) is 17.2 Å². The summed E-state index contributed by atoms with van der Waals surface area (Å²) in [5, 5.41) is 1.78. The number of carbonyl (C=O) groups is 1. The zero-order valence-electron chi connectivity index (χ0n) is 9.95. The molecule has 0 aliphatic rings. The van der Waals surface area contributed by atoms with Crippen LogP contribution in [0.4, 0.5) is 0 Å². The van der Waals surface area contributed by atoms with Crippen molar-refractivity contribution in [1.29, 1.82) is 0 Å². The molecule has 0 amide bonds. The molecule has 2 rings (SSSR count). The highest BCUT2D eigenvalue weighted by atomic mass is 35.5. The van der Waals surface area contributed by atoms with Crippen molar-refractivity contribution in [2.24, 2.45) is 0 Å². The van der Waals surface area contributed by atoms with E-state index in [-0.39, 0.29) is 0 Å². The van der Waals surface area contributed by atoms with Crippen molar-refractivity contribution in [3.8, 4) is 0 Å². The molecule has 2 nitrogen and oxygen atoms in total. The van der Waals surface area contributed by atoms with Crippen molar-refractivity contribution < 1.29 is 9.53 Å². The fourth-order valence-electron chi connectivity index (χ4n) is 1.86. The number of halogens is 4. The normalized spacial score (nSPS) is 10.7. The van der Waals surface area contributed by atoms with Crippen LogP contribution in [-0.2, 0) is 9.53 Å². The van der Waals surface area contributed by atoms with Crippen LogP contribution in [0.15, 0.2) is 36.4 Å². The minimum atomic E-state index is -0.681. The molecular weight excluding hydrogens is 342 g/mol. The molecule has 0 saturated heterocycles. The van der Waals surface area contributed by atoms with Crippen molar-refractivity contribution in [3.05, 3.63) is 67.6 Å². The van der Waals surface area contributed by atoms with Crippen molar-refractivity contribution >= 4 is 52.9 Å². The van der Waals surface area contributed by atoms with Crippen LogP contribution in [0.2, 0.25) is 20.1 Å². The highest BCUT2D eigenvalue weighted by Crippen LogP contribution is 2.32. The van der Waals surface area contributed by atoms with Gasteiger partial charge in [-0.1, -0.05) is 46.4 Å². The van der Waals surface area contributed by atoms with E-state index in [2.05, 4.69) is 0 Å². The summed E-state index contributed by atoms with van der Waals surface area (Å²) in [6, 6.07) is 9.84. The van der Waals surface area contributed by atoms with Crippen molar-refractivity contribution in [2.75, 3.05) is 0 Å². The van der Waals surface area contributed by atoms with E-state index in [9.17, 15) is 4.79 Å². The number of hydrogen-bond acceptors (Lipinski definition) is 2. The summed E-state index contributed by atoms with van der Waals surface area (Å²) in [6.45, 7) is 0.355. The van der Waals surface area contributed by atoms with Gasteiger partial charge in [-0.3, -0.25) is 4.79 Å². The van der Waals surface area contributed by atoms with Crippen LogP contribution >= 0.6 is 46.4 Å². The smallest absolute Gasteiger partial charge is 0.294 e. The summed E-state index contributed by atoms with van der Waals surface area (Å²) in [4.78, 5) is 10.7. The number of ether oxygens (including phenoxy) is 1. The lowest BCUT2D eigenvalue weighted by molar-refractivity contribution is -0.132. The second-order valence-electron chi connectivity index (χ2n) is 4.02. The molecule has 0 radical (unpaired) electrons. The molecule has 0 bridgehead atoms. The van der Waals surface area contributed by atoms with E-state index >= 15 is 0 Å². The predicted octanol–water partition coefficient (Wildman–Crippen LogP) is 5.56. The van der Waals surface area contributed by atoms with Crippen molar-refractivity contribution in [1.82, 2.24) is 0 Å². The van der Waals surface area contributed by atoms with Crippen molar-refractivity contribution in [3.63, 3.8) is 0 Å². The predicted molar refractivity (Wildman–Crippen MR) is 81.9 cm³/mol. The third-order valence-electron chi connectivity index (χ3n) is 2.57. The molecule has 0 heterocycles. The summed E-state index contributed by atoms with van der Waals surface area (Å²) in [5.41, 5.74) is 1.26. The average molecular weight is 350 g/mol. The Hall–Kier alpha value is -0.930. The van der Waals surface area contributed by atoms with Gasteiger partial charge in [0.1, 0.15) is 0 Å². The number of carbonyl (C=O) groups excluding carboxylic acids is 1. The third-order valence-corrected chi connectivity index (χ3v) is 3.44. The Bertz CT molecular complexity index is 551. The lowest BCUT2D eigenvalue weighted by Gasteiger charge is -2.17. The summed E-state index contributed by atoms with van der Waals surface area (Å²) >= 11 is 23.9. The average Bonchev–Trinajstić information content (AvgIpc) is 2.33. The fraction of sp³-hybridized carbons (Fsp3) is 0.0714. The molecule has 6 heteroatoms. The molecule has 2 aromatic carbocycles. The van der Waals surface area contributed by atoms with E-state index in [0.717, 1.165) is 0 Å². The minimum Gasteiger partial charge on any atom is -0.455 e. The van der Waals surface area contributed by atoms with Crippen LogP contribution in [0.3, 0.4) is 0 Å². The SMILES string of the molecule is O=COC(c1cc(Cl)cc(Cl)c1)c1cc(Cl)cc(Cl)c1. The Morgan fingerprint density at radius 2 is 1.10 bits per heavy atom. The monoisotopic (exact) mass is 348 g/mol. The molecule has 0 aliphatic carbocycles. The Kier molecular flexibility index (Phi) is 5.17. The van der Waals surface area contributed by atoms with Crippen LogP contribution in [0.25, 0.3) is 0 Å². The summed E-state index contributed by atoms with van der Waals surface area (Å²) in [6.07, 6.45) is -0.681. The van der Waals surface area contributed by atoms with Crippen LogP contribution < -0.4 is 0 Å². The number of benzene rings is 2. The van der Waals surface area contributed by atoms with Crippen LogP contribution in [-0.4, -0.2) is 6.47 Å². The van der Waals surface area contributed by atoms with E-state index in [1.165, 1.54) is 0 Å². The molecule has 0 saturated carbocycles. The summed E-state index contributed by atoms with van der Waals surface area (Å²) in [5.74, 6) is 0. The topological polar surface area (TPSA) is 26.3 Å². The minimum absolute atomic E-state index is 0.355. The fourth-order valence-corrected chi connectivity index (χ4v) is 2.94. The molecule has 0 N–H and O–H groups in total. The Balaban J connectivity index is 2.52. The van der Waals surface area contributed by atoms with E-state index in [1.54, 1.807) is 36.4 Å². The summed E-state index contributed by atoms with van der Waals surface area (Å²) in [7, 11) is 0. The van der Waals surface area contributed by atoms with E-state index < -0.39 is 6.10 Å². The zero-order chi connectivity index (χ0) is 14.7. The van der Waals surface area contributed by atoms with Gasteiger partial charge in [0.25, 0.3) is 6.47 Å². The first kappa shape index (κ1) is 15.5. The van der Waals surface area contributed by atoms with Gasteiger partial charge in [0.05, 0.1) is 0 Å². The molecule has 2 aromatic rings. The van der Waals surface area contributed by atoms with Gasteiger partial charge in [-0.25, -0.2) is 0 Å². The molecule has 0 atom stereocenters. The maximum Gasteiger partial charge on any atom is 0.294 e. The second kappa shape index (κ2) is 6.68. The largest absolute Gasteiger partial charge is 0.455 e. The first-order valence-corrected chi connectivity index (χ1v) is 7.02. The van der Waals surface area contributed by atoms with Gasteiger partial charge >= 0.3 is 0 Å². The third kappa shape index (κ3) is 3.80. The molecule has 0 fully saturated rings. The van der Waals surface area contributed by atoms with Crippen LogP contribution in [0, 0.1) is 0 Å². The Labute approximate surface area is 136 Å². The van der Waals surface area contributed by atoms with E-state index in [4.69, 9.17) is 51.1 Å². The molecule has 0 aromatic heterocycles. The summed E-state index contributed by atoms with van der Waals surface area (Å²) < 4.78 is 5.12. The Morgan fingerprint density at radius 3 is 1.40 bits per heavy atom. The Morgan fingerprint density at radius 1 is 0.750 bits per heavy atom. The number of hydrogen-bond donors (Lipinski definition) is 0. The van der Waals surface area contributed by atoms with E-state index in [0.29, 0.717) is 37.7 Å². The first-order chi connectivity index (χ1) is 9.49. The highest BCUT2D eigenvalue weighted by molar-refractivity contribution is 6.35. The highest BCUT2D eigenvalue weighted by Gasteiger charge is 2.18. The van der Waals surface area contributed by atoms with Crippen LogP contribution in [0.5, 0.6) is 0 Å². The molecule has 0 aliphatic heterocycles. The lowest BCUT2D eigenvalue weighted by Crippen LogP contribution is -2.05. The molecular formula is C14H8Cl4O2. The van der Waals surface area contributed by atoms with Gasteiger partial charge in [0.2, 0.25) is 0 Å². The molecule has 0 unspecified atom stereocenters. The van der Waals surface area contributed by atoms with Gasteiger partial charge in [-0.15, -0.1) is 0 Å². The first-order valence-electron chi connectivity index (χ1n) is 5.50. The molecule has 20 heavy (non-hydrogen) atoms. The quantitative estimate of drug-likeness (QED) is 0.675. The molecule has 0 spiro atoms. The van der Waals surface area contributed by atoms with Crippen molar-refractivity contribution in [2.45, 2.75) is 6.10 Å². The zero-order valence-corrected chi connectivity index (χ0v) is 13.0. The van der Waals surface area contributed by atoms with Gasteiger partial charge in [0.15, 0.2) is 6.10 Å². The van der Waals surface area contributed by atoms with Gasteiger partial charge in [-0.2, -0.15) is 0 Å². The number of rotatable bonds is 4. The van der Waals surface area contributed by atoms with Gasteiger partial charge in [-0.05, 0) is 47.5 Å². The van der Waals surface area contributed by atoms with Gasteiger partial charge < -0.3 is 4.74 Å². The van der Waals surface area contributed by atoms with E-state index in [1.807, 2.05) is 0 Å². The second-order valence-corrected chi connectivity index (χ2v) is 5.76. The van der Waals surface area contributed by atoms with Gasteiger partial charge in [0, 0.05) is 20.1 Å². The maximum absolute atomic E-state index is 10.7. The molecule has 104 valence electrons. The maximum atomic E-state index is 10.7.